The van der Waals surface area contributed by atoms with Gasteiger partial charge in [-0.25, -0.2) is 0 Å². The van der Waals surface area contributed by atoms with Gasteiger partial charge in [0, 0.05) is 31.3 Å². The minimum absolute atomic E-state index is 0.310. The van der Waals surface area contributed by atoms with Crippen molar-refractivity contribution in [2.45, 2.75) is 19.9 Å². The highest BCUT2D eigenvalue weighted by molar-refractivity contribution is 5.39. The van der Waals surface area contributed by atoms with Crippen molar-refractivity contribution in [3.63, 3.8) is 0 Å². The predicted octanol–water partition coefficient (Wildman–Crippen LogP) is 2.17. The summed E-state index contributed by atoms with van der Waals surface area (Å²) in [6, 6.07) is 5.50. The van der Waals surface area contributed by atoms with E-state index < -0.39 is 0 Å². The molecule has 1 aromatic carbocycles. The molecule has 0 aliphatic heterocycles. The molecule has 0 radical (unpaired) electrons. The first kappa shape index (κ1) is 15.8. The molecule has 0 saturated carbocycles. The molecule has 0 heterocycles. The van der Waals surface area contributed by atoms with Crippen molar-refractivity contribution in [3.05, 3.63) is 23.8 Å². The Morgan fingerprint density at radius 3 is 2.42 bits per heavy atom. The van der Waals surface area contributed by atoms with Crippen LogP contribution in [0.15, 0.2) is 18.2 Å². The van der Waals surface area contributed by atoms with Gasteiger partial charge in [0.2, 0.25) is 0 Å². The van der Waals surface area contributed by atoms with Gasteiger partial charge in [-0.05, 0) is 33.1 Å². The maximum Gasteiger partial charge on any atom is 0.123 e. The lowest BCUT2D eigenvalue weighted by molar-refractivity contribution is 0.231. The minimum atomic E-state index is 0.310. The van der Waals surface area contributed by atoms with Crippen molar-refractivity contribution >= 4 is 0 Å². The first-order valence-corrected chi connectivity index (χ1v) is 6.79. The molecule has 1 aromatic rings. The molecule has 1 N–H and O–H groups in total. The molecular formula is C15H26N2O2. The standard InChI is InChI=1S/C15H26N2O2/c1-5-8-17(10-9-16(2)3)12-13-6-7-14(19-4)11-15(13)18/h6-7,11,18H,5,8-10,12H2,1-4H3. The van der Waals surface area contributed by atoms with Crippen molar-refractivity contribution in [2.24, 2.45) is 0 Å². The summed E-state index contributed by atoms with van der Waals surface area (Å²) in [7, 11) is 5.76. The smallest absolute Gasteiger partial charge is 0.123 e. The molecule has 0 aliphatic carbocycles. The van der Waals surface area contributed by atoms with Crippen LogP contribution in [0.3, 0.4) is 0 Å². The summed E-state index contributed by atoms with van der Waals surface area (Å²) in [5.74, 6) is 1.00. The molecular weight excluding hydrogens is 240 g/mol. The van der Waals surface area contributed by atoms with E-state index in [1.54, 1.807) is 13.2 Å². The molecule has 0 aromatic heterocycles. The van der Waals surface area contributed by atoms with Gasteiger partial charge in [-0.15, -0.1) is 0 Å². The molecule has 19 heavy (non-hydrogen) atoms. The summed E-state index contributed by atoms with van der Waals surface area (Å²) >= 11 is 0. The Bertz CT molecular complexity index is 380. The van der Waals surface area contributed by atoms with Crippen LogP contribution < -0.4 is 4.74 Å². The number of hydrogen-bond donors (Lipinski definition) is 1. The van der Waals surface area contributed by atoms with E-state index in [2.05, 4.69) is 30.8 Å². The van der Waals surface area contributed by atoms with Crippen LogP contribution in [-0.4, -0.2) is 55.7 Å². The van der Waals surface area contributed by atoms with Crippen LogP contribution in [0.25, 0.3) is 0 Å². The molecule has 4 heteroatoms. The Hall–Kier alpha value is -1.26. The Labute approximate surface area is 116 Å². The lowest BCUT2D eigenvalue weighted by Gasteiger charge is -2.24. The van der Waals surface area contributed by atoms with E-state index in [0.717, 1.165) is 38.2 Å². The van der Waals surface area contributed by atoms with Crippen molar-refractivity contribution in [1.29, 1.82) is 0 Å². The average molecular weight is 266 g/mol. The Morgan fingerprint density at radius 2 is 1.89 bits per heavy atom. The molecule has 0 unspecified atom stereocenters. The first-order chi connectivity index (χ1) is 9.06. The van der Waals surface area contributed by atoms with Gasteiger partial charge in [0.05, 0.1) is 7.11 Å². The highest BCUT2D eigenvalue weighted by Gasteiger charge is 2.09. The number of phenolic OH excluding ortho intramolecular Hbond substituents is 1. The van der Waals surface area contributed by atoms with Gasteiger partial charge in [0.15, 0.2) is 0 Å². The molecule has 0 fully saturated rings. The Balaban J connectivity index is 2.67. The number of aromatic hydroxyl groups is 1. The highest BCUT2D eigenvalue weighted by Crippen LogP contribution is 2.24. The monoisotopic (exact) mass is 266 g/mol. The number of phenols is 1. The van der Waals surface area contributed by atoms with Gasteiger partial charge in [0.25, 0.3) is 0 Å². The number of ether oxygens (including phenoxy) is 1. The van der Waals surface area contributed by atoms with E-state index >= 15 is 0 Å². The largest absolute Gasteiger partial charge is 0.507 e. The van der Waals surface area contributed by atoms with Crippen molar-refractivity contribution in [3.8, 4) is 11.5 Å². The quantitative estimate of drug-likeness (QED) is 0.782. The SMILES string of the molecule is CCCN(CCN(C)C)Cc1ccc(OC)cc1O. The van der Waals surface area contributed by atoms with Crippen molar-refractivity contribution in [1.82, 2.24) is 9.80 Å². The molecule has 0 amide bonds. The lowest BCUT2D eigenvalue weighted by atomic mass is 10.1. The zero-order valence-electron chi connectivity index (χ0n) is 12.5. The molecule has 0 bridgehead atoms. The number of rotatable bonds is 8. The Morgan fingerprint density at radius 1 is 1.16 bits per heavy atom. The second-order valence-corrected chi connectivity index (χ2v) is 5.07. The van der Waals surface area contributed by atoms with E-state index in [1.807, 2.05) is 12.1 Å². The number of benzene rings is 1. The molecule has 0 aliphatic rings. The van der Waals surface area contributed by atoms with Crippen LogP contribution in [0.4, 0.5) is 0 Å². The highest BCUT2D eigenvalue weighted by atomic mass is 16.5. The van der Waals surface area contributed by atoms with Crippen molar-refractivity contribution < 1.29 is 9.84 Å². The fourth-order valence-corrected chi connectivity index (χ4v) is 1.97. The number of likely N-dealkylation sites (N-methyl/N-ethyl adjacent to an activating group) is 1. The third kappa shape index (κ3) is 5.49. The van der Waals surface area contributed by atoms with Crippen LogP contribution >= 0.6 is 0 Å². The molecule has 0 atom stereocenters. The van der Waals surface area contributed by atoms with Gasteiger partial charge in [-0.1, -0.05) is 13.0 Å². The second kappa shape index (κ2) is 8.02. The second-order valence-electron chi connectivity index (χ2n) is 5.07. The van der Waals surface area contributed by atoms with Gasteiger partial charge in [0.1, 0.15) is 11.5 Å². The lowest BCUT2D eigenvalue weighted by Crippen LogP contribution is -2.32. The number of hydrogen-bond acceptors (Lipinski definition) is 4. The van der Waals surface area contributed by atoms with Crippen LogP contribution in [0.1, 0.15) is 18.9 Å². The number of nitrogens with zero attached hydrogens (tertiary/aromatic N) is 2. The molecule has 0 spiro atoms. The summed E-state index contributed by atoms with van der Waals surface area (Å²) in [5.41, 5.74) is 0.952. The van der Waals surface area contributed by atoms with E-state index in [-0.39, 0.29) is 0 Å². The third-order valence-corrected chi connectivity index (χ3v) is 3.09. The van der Waals surface area contributed by atoms with Crippen molar-refractivity contribution in [2.75, 3.05) is 40.8 Å². The van der Waals surface area contributed by atoms with Crippen LogP contribution in [-0.2, 0) is 6.54 Å². The van der Waals surface area contributed by atoms with E-state index in [4.69, 9.17) is 4.74 Å². The summed E-state index contributed by atoms with van der Waals surface area (Å²) in [4.78, 5) is 4.54. The molecule has 108 valence electrons. The average Bonchev–Trinajstić information content (AvgIpc) is 2.38. The topological polar surface area (TPSA) is 35.9 Å². The fraction of sp³-hybridized carbons (Fsp3) is 0.600. The maximum absolute atomic E-state index is 10.00. The zero-order valence-corrected chi connectivity index (χ0v) is 12.5. The fourth-order valence-electron chi connectivity index (χ4n) is 1.97. The Kier molecular flexibility index (Phi) is 6.67. The third-order valence-electron chi connectivity index (χ3n) is 3.09. The zero-order chi connectivity index (χ0) is 14.3. The van der Waals surface area contributed by atoms with Gasteiger partial charge in [-0.3, -0.25) is 4.90 Å². The first-order valence-electron chi connectivity index (χ1n) is 6.79. The van der Waals surface area contributed by atoms with Gasteiger partial charge < -0.3 is 14.7 Å². The van der Waals surface area contributed by atoms with Crippen LogP contribution in [0.2, 0.25) is 0 Å². The van der Waals surface area contributed by atoms with E-state index in [0.29, 0.717) is 11.5 Å². The molecule has 1 rings (SSSR count). The number of methoxy groups -OCH3 is 1. The predicted molar refractivity (Wildman–Crippen MR) is 78.8 cm³/mol. The minimum Gasteiger partial charge on any atom is -0.507 e. The van der Waals surface area contributed by atoms with E-state index in [1.165, 1.54) is 0 Å². The van der Waals surface area contributed by atoms with Gasteiger partial charge >= 0.3 is 0 Å². The van der Waals surface area contributed by atoms with Crippen LogP contribution in [0, 0.1) is 0 Å². The van der Waals surface area contributed by atoms with Crippen LogP contribution in [0.5, 0.6) is 11.5 Å². The summed E-state index contributed by atoms with van der Waals surface area (Å²) in [5, 5.41) is 10.00. The maximum atomic E-state index is 10.00. The molecule has 4 nitrogen and oxygen atoms in total. The van der Waals surface area contributed by atoms with E-state index in [9.17, 15) is 5.11 Å². The normalized spacial score (nSPS) is 11.3. The summed E-state index contributed by atoms with van der Waals surface area (Å²) < 4.78 is 5.10. The summed E-state index contributed by atoms with van der Waals surface area (Å²) in [6.45, 7) is 6.02. The van der Waals surface area contributed by atoms with Gasteiger partial charge in [-0.2, -0.15) is 0 Å². The molecule has 0 saturated heterocycles. The summed E-state index contributed by atoms with van der Waals surface area (Å²) in [6.07, 6.45) is 1.12.